The molecular formula is C14H10N2. The molecule has 0 saturated heterocycles. The van der Waals surface area contributed by atoms with Crippen LogP contribution < -0.4 is 0 Å². The second-order valence-electron chi connectivity index (χ2n) is 4.02. The zero-order valence-electron chi connectivity index (χ0n) is 8.91. The maximum atomic E-state index is 9.12. The molecule has 3 aromatic rings. The fourth-order valence-electron chi connectivity index (χ4n) is 2.18. The number of benzene rings is 2. The smallest absolute Gasteiger partial charge is 0.101 e. The summed E-state index contributed by atoms with van der Waals surface area (Å²) in [4.78, 5) is 3.30. The minimum Gasteiger partial charge on any atom is -0.353 e. The summed E-state index contributed by atoms with van der Waals surface area (Å²) < 4.78 is 0. The highest BCUT2D eigenvalue weighted by molar-refractivity contribution is 6.09. The number of fused-ring (bicyclic) bond motifs is 3. The van der Waals surface area contributed by atoms with Crippen LogP contribution in [0.15, 0.2) is 36.4 Å². The standard InChI is InChI=1S/C14H10N2/c1-9-6-10(8-15)14-12(7-9)11-4-2-3-5-13(11)16-14/h2-7,16H,1H3. The van der Waals surface area contributed by atoms with E-state index in [4.69, 9.17) is 5.26 Å². The Morgan fingerprint density at radius 1 is 1.12 bits per heavy atom. The van der Waals surface area contributed by atoms with E-state index in [1.165, 1.54) is 5.39 Å². The number of para-hydroxylation sites is 1. The van der Waals surface area contributed by atoms with E-state index in [2.05, 4.69) is 23.2 Å². The first-order valence-electron chi connectivity index (χ1n) is 5.21. The lowest BCUT2D eigenvalue weighted by molar-refractivity contribution is 1.43. The van der Waals surface area contributed by atoms with Gasteiger partial charge in [0, 0.05) is 16.3 Å². The molecule has 0 radical (unpaired) electrons. The Balaban J connectivity index is 2.60. The molecule has 2 heteroatoms. The molecule has 0 aliphatic rings. The van der Waals surface area contributed by atoms with Crippen molar-refractivity contribution in [3.05, 3.63) is 47.5 Å². The van der Waals surface area contributed by atoms with Crippen LogP contribution >= 0.6 is 0 Å². The van der Waals surface area contributed by atoms with Crippen LogP contribution in [0, 0.1) is 18.3 Å². The highest BCUT2D eigenvalue weighted by Crippen LogP contribution is 2.28. The van der Waals surface area contributed by atoms with Gasteiger partial charge in [-0.15, -0.1) is 0 Å². The van der Waals surface area contributed by atoms with Crippen molar-refractivity contribution in [2.75, 3.05) is 0 Å². The van der Waals surface area contributed by atoms with Gasteiger partial charge >= 0.3 is 0 Å². The van der Waals surface area contributed by atoms with Crippen LogP contribution in [-0.2, 0) is 0 Å². The van der Waals surface area contributed by atoms with Gasteiger partial charge < -0.3 is 4.98 Å². The van der Waals surface area contributed by atoms with Gasteiger partial charge in [0.2, 0.25) is 0 Å². The normalized spacial score (nSPS) is 10.8. The molecule has 0 unspecified atom stereocenters. The summed E-state index contributed by atoms with van der Waals surface area (Å²) in [6.45, 7) is 2.02. The monoisotopic (exact) mass is 206 g/mol. The van der Waals surface area contributed by atoms with E-state index in [-0.39, 0.29) is 0 Å². The van der Waals surface area contributed by atoms with E-state index in [0.717, 1.165) is 22.0 Å². The quantitative estimate of drug-likeness (QED) is 0.600. The zero-order valence-corrected chi connectivity index (χ0v) is 8.91. The summed E-state index contributed by atoms with van der Waals surface area (Å²) in [6.07, 6.45) is 0. The number of hydrogen-bond acceptors (Lipinski definition) is 1. The second-order valence-corrected chi connectivity index (χ2v) is 4.02. The van der Waals surface area contributed by atoms with Crippen molar-refractivity contribution in [3.8, 4) is 6.07 Å². The van der Waals surface area contributed by atoms with Gasteiger partial charge in [0.05, 0.1) is 11.1 Å². The van der Waals surface area contributed by atoms with Crippen LogP contribution in [-0.4, -0.2) is 4.98 Å². The molecule has 1 N–H and O–H groups in total. The molecule has 0 aliphatic carbocycles. The van der Waals surface area contributed by atoms with Gasteiger partial charge in [-0.1, -0.05) is 18.2 Å². The van der Waals surface area contributed by atoms with Gasteiger partial charge in [0.1, 0.15) is 6.07 Å². The van der Waals surface area contributed by atoms with Crippen molar-refractivity contribution in [1.29, 1.82) is 5.26 Å². The topological polar surface area (TPSA) is 39.6 Å². The molecule has 3 rings (SSSR count). The lowest BCUT2D eigenvalue weighted by atomic mass is 10.1. The number of aromatic amines is 1. The van der Waals surface area contributed by atoms with Gasteiger partial charge in [0.25, 0.3) is 0 Å². The number of nitrogens with zero attached hydrogens (tertiary/aromatic N) is 1. The van der Waals surface area contributed by atoms with Crippen LogP contribution in [0.1, 0.15) is 11.1 Å². The Morgan fingerprint density at radius 3 is 2.75 bits per heavy atom. The molecule has 0 bridgehead atoms. The Bertz CT molecular complexity index is 729. The van der Waals surface area contributed by atoms with Crippen LogP contribution in [0.2, 0.25) is 0 Å². The van der Waals surface area contributed by atoms with Crippen molar-refractivity contribution in [3.63, 3.8) is 0 Å². The largest absolute Gasteiger partial charge is 0.353 e. The summed E-state index contributed by atoms with van der Waals surface area (Å²) in [6, 6.07) is 14.4. The first-order valence-corrected chi connectivity index (χ1v) is 5.21. The summed E-state index contributed by atoms with van der Waals surface area (Å²) in [5, 5.41) is 11.4. The lowest BCUT2D eigenvalue weighted by Gasteiger charge is -1.96. The summed E-state index contributed by atoms with van der Waals surface area (Å²) in [7, 11) is 0. The zero-order chi connectivity index (χ0) is 11.1. The Morgan fingerprint density at radius 2 is 1.94 bits per heavy atom. The van der Waals surface area contributed by atoms with Crippen LogP contribution in [0.4, 0.5) is 0 Å². The molecule has 1 heterocycles. The maximum Gasteiger partial charge on any atom is 0.101 e. The number of rotatable bonds is 0. The van der Waals surface area contributed by atoms with Crippen molar-refractivity contribution in [1.82, 2.24) is 4.98 Å². The van der Waals surface area contributed by atoms with Gasteiger partial charge in [-0.3, -0.25) is 0 Å². The highest BCUT2D eigenvalue weighted by atomic mass is 14.7. The number of aryl methyl sites for hydroxylation is 1. The fourth-order valence-corrected chi connectivity index (χ4v) is 2.18. The van der Waals surface area contributed by atoms with Crippen LogP contribution in [0.3, 0.4) is 0 Å². The van der Waals surface area contributed by atoms with Crippen molar-refractivity contribution in [2.24, 2.45) is 0 Å². The number of hydrogen-bond donors (Lipinski definition) is 1. The number of nitriles is 1. The van der Waals surface area contributed by atoms with E-state index < -0.39 is 0 Å². The third kappa shape index (κ3) is 1.12. The van der Waals surface area contributed by atoms with Gasteiger partial charge in [-0.2, -0.15) is 5.26 Å². The number of nitrogens with one attached hydrogen (secondary N) is 1. The summed E-state index contributed by atoms with van der Waals surface area (Å²) in [5.74, 6) is 0. The van der Waals surface area contributed by atoms with E-state index in [1.807, 2.05) is 31.2 Å². The van der Waals surface area contributed by atoms with Crippen molar-refractivity contribution < 1.29 is 0 Å². The molecule has 0 spiro atoms. The van der Waals surface area contributed by atoms with Gasteiger partial charge in [0.15, 0.2) is 0 Å². The molecule has 76 valence electrons. The predicted octanol–water partition coefficient (Wildman–Crippen LogP) is 3.50. The molecule has 0 aliphatic heterocycles. The molecule has 0 saturated carbocycles. The summed E-state index contributed by atoms with van der Waals surface area (Å²) in [5.41, 5.74) is 3.86. The minimum absolute atomic E-state index is 0.714. The Labute approximate surface area is 93.1 Å². The molecule has 0 amide bonds. The lowest BCUT2D eigenvalue weighted by Crippen LogP contribution is -1.80. The third-order valence-corrected chi connectivity index (χ3v) is 2.88. The molecule has 1 aromatic heterocycles. The van der Waals surface area contributed by atoms with Gasteiger partial charge in [-0.05, 0) is 30.7 Å². The van der Waals surface area contributed by atoms with Crippen molar-refractivity contribution >= 4 is 21.8 Å². The molecular weight excluding hydrogens is 196 g/mol. The third-order valence-electron chi connectivity index (χ3n) is 2.88. The van der Waals surface area contributed by atoms with Crippen LogP contribution in [0.5, 0.6) is 0 Å². The Kier molecular flexibility index (Phi) is 1.75. The number of aromatic nitrogens is 1. The average Bonchev–Trinajstić information content (AvgIpc) is 2.67. The summed E-state index contributed by atoms with van der Waals surface area (Å²) >= 11 is 0. The second kappa shape index (κ2) is 3.11. The molecule has 2 aromatic carbocycles. The maximum absolute atomic E-state index is 9.12. The van der Waals surface area contributed by atoms with Gasteiger partial charge in [-0.25, -0.2) is 0 Å². The first-order chi connectivity index (χ1) is 7.79. The van der Waals surface area contributed by atoms with E-state index >= 15 is 0 Å². The molecule has 0 fully saturated rings. The van der Waals surface area contributed by atoms with Crippen LogP contribution in [0.25, 0.3) is 21.8 Å². The number of H-pyrrole nitrogens is 1. The predicted molar refractivity (Wildman–Crippen MR) is 65.3 cm³/mol. The average molecular weight is 206 g/mol. The first kappa shape index (κ1) is 8.99. The SMILES string of the molecule is Cc1cc(C#N)c2[nH]c3ccccc3c2c1. The fraction of sp³-hybridized carbons (Fsp3) is 0.0714. The van der Waals surface area contributed by atoms with E-state index in [0.29, 0.717) is 5.56 Å². The molecule has 2 nitrogen and oxygen atoms in total. The van der Waals surface area contributed by atoms with E-state index in [9.17, 15) is 0 Å². The molecule has 0 atom stereocenters. The Hall–Kier alpha value is -2.27. The highest BCUT2D eigenvalue weighted by Gasteiger charge is 2.07. The molecule has 16 heavy (non-hydrogen) atoms. The minimum atomic E-state index is 0.714. The van der Waals surface area contributed by atoms with E-state index in [1.54, 1.807) is 0 Å². The van der Waals surface area contributed by atoms with Crippen molar-refractivity contribution in [2.45, 2.75) is 6.92 Å².